The number of quaternary nitrogens is 1. The zero-order valence-electron chi connectivity index (χ0n) is 26.9. The Kier molecular flexibility index (Phi) is 10.5. The van der Waals surface area contributed by atoms with Crippen molar-refractivity contribution in [2.75, 3.05) is 39.5 Å². The molecule has 0 heterocycles. The number of rotatable bonds is 12. The molecular weight excluding hydrogens is 572 g/mol. The van der Waals surface area contributed by atoms with Crippen LogP contribution in [0.2, 0.25) is 0 Å². The van der Waals surface area contributed by atoms with Gasteiger partial charge in [-0.15, -0.1) is 0 Å². The van der Waals surface area contributed by atoms with Gasteiger partial charge in [-0.3, -0.25) is 14.1 Å². The summed E-state index contributed by atoms with van der Waals surface area (Å²) in [7, 11) is -0.706. The molecule has 0 saturated heterocycles. The highest BCUT2D eigenvalue weighted by molar-refractivity contribution is 7.86. The summed E-state index contributed by atoms with van der Waals surface area (Å²) in [6.45, 7) is 7.80. The van der Waals surface area contributed by atoms with E-state index in [0.717, 1.165) is 44.9 Å². The van der Waals surface area contributed by atoms with Gasteiger partial charge >= 0.3 is 0 Å². The summed E-state index contributed by atoms with van der Waals surface area (Å²) in [4.78, 5) is 24.6. The number of Topliss-reactive ketones (excluding diaryl/α,β-unsaturated/α-hetero) is 1. The monoisotopic (exact) mass is 629 g/mol. The lowest BCUT2D eigenvalue weighted by molar-refractivity contribution is -0.882. The van der Waals surface area contributed by atoms with Crippen LogP contribution in [0.5, 0.6) is 0 Å². The van der Waals surface area contributed by atoms with Crippen molar-refractivity contribution in [3.8, 4) is 0 Å². The van der Waals surface area contributed by atoms with Gasteiger partial charge in [0.05, 0.1) is 39.0 Å². The van der Waals surface area contributed by atoms with Crippen LogP contribution in [0.25, 0.3) is 0 Å². The van der Waals surface area contributed by atoms with Crippen molar-refractivity contribution < 1.29 is 42.4 Å². The molecule has 4 rings (SSSR count). The number of amides is 1. The van der Waals surface area contributed by atoms with Gasteiger partial charge in [0.2, 0.25) is 11.7 Å². The summed E-state index contributed by atoms with van der Waals surface area (Å²) >= 11 is 0. The van der Waals surface area contributed by atoms with Gasteiger partial charge in [-0.05, 0) is 97.7 Å². The minimum Gasteiger partial charge on any atom is -0.393 e. The van der Waals surface area contributed by atoms with Gasteiger partial charge in [-0.1, -0.05) is 20.8 Å². The maximum atomic E-state index is 12.7. The highest BCUT2D eigenvalue weighted by Gasteiger charge is 2.65. The lowest BCUT2D eigenvalue weighted by atomic mass is 9.43. The molecule has 0 aromatic heterocycles. The highest BCUT2D eigenvalue weighted by atomic mass is 32.2. The molecule has 0 aromatic rings. The van der Waals surface area contributed by atoms with Crippen molar-refractivity contribution in [3.63, 3.8) is 0 Å². The number of ketones is 1. The van der Waals surface area contributed by atoms with E-state index < -0.39 is 33.9 Å². The molecule has 0 spiro atoms. The first kappa shape index (κ1) is 34.8. The van der Waals surface area contributed by atoms with Crippen LogP contribution < -0.4 is 5.32 Å². The van der Waals surface area contributed by atoms with Crippen LogP contribution >= 0.6 is 0 Å². The van der Waals surface area contributed by atoms with E-state index in [9.17, 15) is 33.3 Å². The van der Waals surface area contributed by atoms with Gasteiger partial charge in [0.15, 0.2) is 0 Å². The smallest absolute Gasteiger partial charge is 0.272 e. The molecule has 4 saturated carbocycles. The van der Waals surface area contributed by atoms with Crippen molar-refractivity contribution in [2.24, 2.45) is 46.3 Å². The molecule has 0 radical (unpaired) electrons. The number of hydrogen-bond acceptors (Lipinski definition) is 7. The summed E-state index contributed by atoms with van der Waals surface area (Å²) in [5.74, 6) is 0.0955. The molecule has 0 aromatic carbocycles. The van der Waals surface area contributed by atoms with Gasteiger partial charge < -0.3 is 25.1 Å². The summed E-state index contributed by atoms with van der Waals surface area (Å²) in [5, 5.41) is 36.5. The van der Waals surface area contributed by atoms with Gasteiger partial charge in [0.25, 0.3) is 10.1 Å². The van der Waals surface area contributed by atoms with Crippen LogP contribution in [0.4, 0.5) is 0 Å². The number of nitrogens with zero attached hydrogens (tertiary/aromatic N) is 1. The fraction of sp³-hybridized carbons (Fsp3) is 0.938. The molecular formula is C32H57N2O8S+. The number of likely N-dealkylation sites (N-methyl/N-ethyl adjacent to an activating group) is 1. The molecule has 248 valence electrons. The minimum atomic E-state index is -4.33. The van der Waals surface area contributed by atoms with Crippen molar-refractivity contribution >= 4 is 21.8 Å². The molecule has 4 fully saturated rings. The number of carbonyl (C=O) groups excluding carboxylic acids is 2. The fourth-order valence-corrected chi connectivity index (χ4v) is 10.8. The SMILES string of the molecule is C[C@H](CCC(=O)NCCC[N+](C)(C)CC(=O)CS(=O)(=O)O)[C@H]1CC[C@H]2[C@@H]3[C@H](O)C[C@@H]4C[C@H](O)CC[C@]4(C)[C@H]3C[C@H](O)[C@]12C. The Labute approximate surface area is 258 Å². The molecule has 10 nitrogen and oxygen atoms in total. The van der Waals surface area contributed by atoms with Crippen LogP contribution in [0.1, 0.15) is 85.0 Å². The summed E-state index contributed by atoms with van der Waals surface area (Å²) in [5.41, 5.74) is -0.233. The number of hydrogen-bond donors (Lipinski definition) is 5. The second kappa shape index (κ2) is 12.9. The van der Waals surface area contributed by atoms with E-state index in [0.29, 0.717) is 38.3 Å². The maximum absolute atomic E-state index is 12.7. The lowest BCUT2D eigenvalue weighted by Crippen LogP contribution is -2.62. The predicted molar refractivity (Wildman–Crippen MR) is 163 cm³/mol. The fourth-order valence-electron chi connectivity index (χ4n) is 10.3. The predicted octanol–water partition coefficient (Wildman–Crippen LogP) is 2.40. The Balaban J connectivity index is 1.27. The third kappa shape index (κ3) is 7.49. The van der Waals surface area contributed by atoms with Gasteiger partial charge in [-0.2, -0.15) is 8.42 Å². The van der Waals surface area contributed by atoms with Crippen molar-refractivity contribution in [1.29, 1.82) is 0 Å². The average molecular weight is 630 g/mol. The Morgan fingerprint density at radius 1 is 1.02 bits per heavy atom. The Morgan fingerprint density at radius 2 is 1.72 bits per heavy atom. The zero-order valence-corrected chi connectivity index (χ0v) is 27.7. The van der Waals surface area contributed by atoms with Crippen molar-refractivity contribution in [2.45, 2.75) is 103 Å². The summed E-state index contributed by atoms with van der Waals surface area (Å²) in [6.07, 6.45) is 6.61. The Hall–Kier alpha value is -1.11. The van der Waals surface area contributed by atoms with Gasteiger partial charge in [0, 0.05) is 19.4 Å². The van der Waals surface area contributed by atoms with E-state index >= 15 is 0 Å². The quantitative estimate of drug-likeness (QED) is 0.125. The molecule has 0 bridgehead atoms. The minimum absolute atomic E-state index is 0.0141. The molecule has 1 amide bonds. The summed E-state index contributed by atoms with van der Waals surface area (Å²) < 4.78 is 31.0. The first-order valence-corrected chi connectivity index (χ1v) is 18.1. The molecule has 11 atom stereocenters. The molecule has 5 N–H and O–H groups in total. The molecule has 11 heteroatoms. The van der Waals surface area contributed by atoms with Crippen LogP contribution in [-0.4, -0.2) is 102 Å². The van der Waals surface area contributed by atoms with Crippen LogP contribution in [0.3, 0.4) is 0 Å². The highest BCUT2D eigenvalue weighted by Crippen LogP contribution is 2.68. The number of nitrogens with one attached hydrogen (secondary N) is 1. The van der Waals surface area contributed by atoms with E-state index in [1.165, 1.54) is 0 Å². The molecule has 4 aliphatic carbocycles. The largest absolute Gasteiger partial charge is 0.393 e. The number of aliphatic hydroxyl groups excluding tert-OH is 3. The average Bonchev–Trinajstić information content (AvgIpc) is 3.24. The third-order valence-corrected chi connectivity index (χ3v) is 13.2. The van der Waals surface area contributed by atoms with E-state index in [4.69, 9.17) is 4.55 Å². The molecule has 0 aliphatic heterocycles. The number of fused-ring (bicyclic) bond motifs is 5. The Morgan fingerprint density at radius 3 is 2.40 bits per heavy atom. The third-order valence-electron chi connectivity index (χ3n) is 12.6. The lowest BCUT2D eigenvalue weighted by Gasteiger charge is -2.63. The number of aliphatic hydroxyl groups is 3. The van der Waals surface area contributed by atoms with Crippen molar-refractivity contribution in [1.82, 2.24) is 5.32 Å². The van der Waals surface area contributed by atoms with Gasteiger partial charge in [0.1, 0.15) is 12.3 Å². The first-order valence-electron chi connectivity index (χ1n) is 16.5. The molecule has 4 aliphatic rings. The topological polar surface area (TPSA) is 161 Å². The standard InChI is InChI=1S/C32H56N2O8S/c1-20(7-10-29(39)33-13-6-14-34(4,5)18-23(36)19-43(40,41)42)24-8-9-25-30-26(17-28(38)32(24,25)3)31(2)12-11-22(35)15-21(31)16-27(30)37/h20-22,24-28,30,35,37-38H,6-19H2,1-5H3,(H-,33,39,40,41,42)/p+1/t20-,21+,22-,24-,25+,26+,27-,28+,30+,31+,32-/m1/s1. The van der Waals surface area contributed by atoms with E-state index in [1.54, 1.807) is 0 Å². The van der Waals surface area contributed by atoms with Crippen LogP contribution in [-0.2, 0) is 19.7 Å². The second-order valence-corrected chi connectivity index (χ2v) is 17.3. The van der Waals surface area contributed by atoms with Crippen molar-refractivity contribution in [3.05, 3.63) is 0 Å². The normalized spacial score (nSPS) is 40.2. The van der Waals surface area contributed by atoms with Crippen LogP contribution in [0.15, 0.2) is 0 Å². The second-order valence-electron chi connectivity index (χ2n) is 15.8. The van der Waals surface area contributed by atoms with E-state index in [2.05, 4.69) is 26.1 Å². The molecule has 0 unspecified atom stereocenters. The van der Waals surface area contributed by atoms with E-state index in [-0.39, 0.29) is 63.5 Å². The number of carbonyl (C=O) groups is 2. The van der Waals surface area contributed by atoms with E-state index in [1.807, 2.05) is 14.1 Å². The van der Waals surface area contributed by atoms with Gasteiger partial charge in [-0.25, -0.2) is 0 Å². The molecule has 43 heavy (non-hydrogen) atoms. The summed E-state index contributed by atoms with van der Waals surface area (Å²) in [6, 6.07) is 0. The zero-order chi connectivity index (χ0) is 32.0. The maximum Gasteiger partial charge on any atom is 0.272 e. The van der Waals surface area contributed by atoms with Crippen LogP contribution in [0, 0.1) is 46.3 Å². The Bertz CT molecular complexity index is 1130. The first-order chi connectivity index (χ1) is 19.9.